The number of nitrogens with zero attached hydrogens (tertiary/aromatic N) is 2. The fourth-order valence-corrected chi connectivity index (χ4v) is 3.63. The van der Waals surface area contributed by atoms with E-state index in [1.807, 2.05) is 61.5 Å². The van der Waals surface area contributed by atoms with Crippen LogP contribution in [-0.4, -0.2) is 15.9 Å². The number of carbonyl (C=O) groups excluding carboxylic acids is 1. The van der Waals surface area contributed by atoms with Crippen LogP contribution in [0.1, 0.15) is 15.2 Å². The van der Waals surface area contributed by atoms with E-state index in [9.17, 15) is 4.79 Å². The Balaban J connectivity index is 1.81. The number of anilines is 1. The third-order valence-corrected chi connectivity index (χ3v) is 5.30. The van der Waals surface area contributed by atoms with Gasteiger partial charge in [-0.3, -0.25) is 10.1 Å². The van der Waals surface area contributed by atoms with Gasteiger partial charge in [0, 0.05) is 26.5 Å². The lowest BCUT2D eigenvalue weighted by Gasteiger charge is -2.09. The number of pyridine rings is 1. The molecule has 0 bridgehead atoms. The van der Waals surface area contributed by atoms with E-state index in [1.165, 1.54) is 11.3 Å². The second-order valence-electron chi connectivity index (χ2n) is 5.81. The van der Waals surface area contributed by atoms with Crippen LogP contribution in [0, 0.1) is 6.92 Å². The maximum absolute atomic E-state index is 12.9. The maximum Gasteiger partial charge on any atom is 0.258 e. The second kappa shape index (κ2) is 6.97. The number of hydrogen-bond acceptors (Lipinski definition) is 4. The summed E-state index contributed by atoms with van der Waals surface area (Å²) in [5, 5.41) is 4.31. The number of nitrogens with one attached hydrogen (secondary N) is 1. The molecule has 1 N–H and O–H groups in total. The standard InChI is InChI=1S/C20H14BrN3OS/c1-12-11-22-20(26-12)24-19(25)16-10-18(13-6-8-14(21)9-7-13)23-17-5-3-2-4-15(16)17/h2-11H,1H3,(H,22,24,25). The topological polar surface area (TPSA) is 54.9 Å². The average Bonchev–Trinajstić information content (AvgIpc) is 3.06. The predicted molar refractivity (Wildman–Crippen MR) is 110 cm³/mol. The molecule has 26 heavy (non-hydrogen) atoms. The Morgan fingerprint density at radius 3 is 2.62 bits per heavy atom. The van der Waals surface area contributed by atoms with Crippen molar-refractivity contribution in [3.63, 3.8) is 0 Å². The Morgan fingerprint density at radius 1 is 1.12 bits per heavy atom. The molecule has 0 aliphatic heterocycles. The van der Waals surface area contributed by atoms with Crippen molar-refractivity contribution < 1.29 is 4.79 Å². The van der Waals surface area contributed by atoms with E-state index in [1.54, 1.807) is 6.20 Å². The highest BCUT2D eigenvalue weighted by molar-refractivity contribution is 9.10. The molecule has 0 spiro atoms. The molecule has 2 aromatic carbocycles. The quantitative estimate of drug-likeness (QED) is 0.460. The predicted octanol–water partition coefficient (Wildman–Crippen LogP) is 5.68. The van der Waals surface area contributed by atoms with Gasteiger partial charge in [-0.05, 0) is 31.2 Å². The Bertz CT molecular complexity index is 1110. The molecule has 1 amide bonds. The highest BCUT2D eigenvalue weighted by Gasteiger charge is 2.15. The molecule has 4 nitrogen and oxygen atoms in total. The molecule has 0 saturated carbocycles. The summed E-state index contributed by atoms with van der Waals surface area (Å²) in [7, 11) is 0. The zero-order chi connectivity index (χ0) is 18.1. The summed E-state index contributed by atoms with van der Waals surface area (Å²) in [6.45, 7) is 1.96. The molecule has 128 valence electrons. The van der Waals surface area contributed by atoms with Crippen LogP contribution in [0.5, 0.6) is 0 Å². The number of halogens is 1. The van der Waals surface area contributed by atoms with Crippen LogP contribution in [-0.2, 0) is 0 Å². The van der Waals surface area contributed by atoms with Gasteiger partial charge in [-0.1, -0.05) is 46.3 Å². The number of para-hydroxylation sites is 1. The summed E-state index contributed by atoms with van der Waals surface area (Å²) in [6, 6.07) is 17.4. The minimum Gasteiger partial charge on any atom is -0.298 e. The van der Waals surface area contributed by atoms with Crippen LogP contribution in [0.2, 0.25) is 0 Å². The van der Waals surface area contributed by atoms with Crippen LogP contribution in [0.15, 0.2) is 65.3 Å². The number of thiazole rings is 1. The molecular formula is C20H14BrN3OS. The number of aryl methyl sites for hydroxylation is 1. The van der Waals surface area contributed by atoms with Gasteiger partial charge in [0.25, 0.3) is 5.91 Å². The average molecular weight is 424 g/mol. The molecule has 0 atom stereocenters. The van der Waals surface area contributed by atoms with Crippen LogP contribution in [0.25, 0.3) is 22.2 Å². The van der Waals surface area contributed by atoms with Gasteiger partial charge in [-0.25, -0.2) is 9.97 Å². The molecule has 0 saturated heterocycles. The van der Waals surface area contributed by atoms with E-state index in [0.717, 1.165) is 31.5 Å². The minimum absolute atomic E-state index is 0.184. The second-order valence-corrected chi connectivity index (χ2v) is 7.96. The van der Waals surface area contributed by atoms with E-state index >= 15 is 0 Å². The molecule has 2 aromatic heterocycles. The van der Waals surface area contributed by atoms with Crippen molar-refractivity contribution >= 4 is 49.2 Å². The lowest BCUT2D eigenvalue weighted by molar-refractivity contribution is 0.102. The number of carbonyl (C=O) groups is 1. The number of amides is 1. The van der Waals surface area contributed by atoms with Gasteiger partial charge in [0.15, 0.2) is 5.13 Å². The van der Waals surface area contributed by atoms with Crippen molar-refractivity contribution in [1.29, 1.82) is 0 Å². The zero-order valence-electron chi connectivity index (χ0n) is 13.9. The highest BCUT2D eigenvalue weighted by Crippen LogP contribution is 2.27. The van der Waals surface area contributed by atoms with Crippen molar-refractivity contribution in [3.8, 4) is 11.3 Å². The Labute approximate surface area is 163 Å². The summed E-state index contributed by atoms with van der Waals surface area (Å²) in [5.74, 6) is -0.184. The molecule has 0 aliphatic carbocycles. The van der Waals surface area contributed by atoms with Crippen molar-refractivity contribution in [2.45, 2.75) is 6.92 Å². The Hall–Kier alpha value is -2.57. The minimum atomic E-state index is -0.184. The molecule has 4 aromatic rings. The van der Waals surface area contributed by atoms with E-state index in [-0.39, 0.29) is 5.91 Å². The fourth-order valence-electron chi connectivity index (χ4n) is 2.71. The van der Waals surface area contributed by atoms with Gasteiger partial charge in [-0.2, -0.15) is 0 Å². The van der Waals surface area contributed by atoms with Gasteiger partial charge in [0.1, 0.15) is 0 Å². The molecule has 0 unspecified atom stereocenters. The SMILES string of the molecule is Cc1cnc(NC(=O)c2cc(-c3ccc(Br)cc3)nc3ccccc23)s1. The molecule has 6 heteroatoms. The normalized spacial score (nSPS) is 10.8. The highest BCUT2D eigenvalue weighted by atomic mass is 79.9. The van der Waals surface area contributed by atoms with Gasteiger partial charge in [-0.15, -0.1) is 11.3 Å². The van der Waals surface area contributed by atoms with Crippen molar-refractivity contribution in [1.82, 2.24) is 9.97 Å². The first kappa shape index (κ1) is 16.9. The van der Waals surface area contributed by atoms with Crippen molar-refractivity contribution in [2.24, 2.45) is 0 Å². The van der Waals surface area contributed by atoms with Crippen LogP contribution >= 0.6 is 27.3 Å². The van der Waals surface area contributed by atoms with Crippen molar-refractivity contribution in [3.05, 3.63) is 75.7 Å². The lowest BCUT2D eigenvalue weighted by Crippen LogP contribution is -2.12. The number of aromatic nitrogens is 2. The Morgan fingerprint density at radius 2 is 1.88 bits per heavy atom. The number of hydrogen-bond donors (Lipinski definition) is 1. The Kier molecular flexibility index (Phi) is 4.53. The largest absolute Gasteiger partial charge is 0.298 e. The molecule has 2 heterocycles. The van der Waals surface area contributed by atoms with Gasteiger partial charge in [0.05, 0.1) is 16.8 Å². The summed E-state index contributed by atoms with van der Waals surface area (Å²) in [6.07, 6.45) is 1.75. The summed E-state index contributed by atoms with van der Waals surface area (Å²) in [4.78, 5) is 22.9. The smallest absolute Gasteiger partial charge is 0.258 e. The maximum atomic E-state index is 12.9. The van der Waals surface area contributed by atoms with Gasteiger partial charge in [0.2, 0.25) is 0 Å². The summed E-state index contributed by atoms with van der Waals surface area (Å²) >= 11 is 4.90. The molecule has 0 fully saturated rings. The molecule has 4 rings (SSSR count). The van der Waals surface area contributed by atoms with Crippen LogP contribution in [0.4, 0.5) is 5.13 Å². The first-order chi connectivity index (χ1) is 12.6. The first-order valence-corrected chi connectivity index (χ1v) is 9.60. The number of fused-ring (bicyclic) bond motifs is 1. The van der Waals surface area contributed by atoms with Crippen molar-refractivity contribution in [2.75, 3.05) is 5.32 Å². The third-order valence-electron chi connectivity index (χ3n) is 3.94. The molecule has 0 aliphatic rings. The van der Waals surface area contributed by atoms with E-state index in [4.69, 9.17) is 4.98 Å². The van der Waals surface area contributed by atoms with E-state index in [2.05, 4.69) is 26.2 Å². The summed E-state index contributed by atoms with van der Waals surface area (Å²) < 4.78 is 0.999. The van der Waals surface area contributed by atoms with Gasteiger partial charge < -0.3 is 0 Å². The molecular weight excluding hydrogens is 410 g/mol. The monoisotopic (exact) mass is 423 g/mol. The van der Waals surface area contributed by atoms with Gasteiger partial charge >= 0.3 is 0 Å². The van der Waals surface area contributed by atoms with E-state index in [0.29, 0.717) is 10.7 Å². The fraction of sp³-hybridized carbons (Fsp3) is 0.0500. The van der Waals surface area contributed by atoms with Crippen LogP contribution < -0.4 is 5.32 Å². The third kappa shape index (κ3) is 3.38. The first-order valence-electron chi connectivity index (χ1n) is 8.00. The van der Waals surface area contributed by atoms with E-state index < -0.39 is 0 Å². The zero-order valence-corrected chi connectivity index (χ0v) is 16.3. The number of rotatable bonds is 3. The molecule has 0 radical (unpaired) electrons. The lowest BCUT2D eigenvalue weighted by atomic mass is 10.0. The number of benzene rings is 2. The summed E-state index contributed by atoms with van der Waals surface area (Å²) in [5.41, 5.74) is 3.09. The van der Waals surface area contributed by atoms with Crippen LogP contribution in [0.3, 0.4) is 0 Å².